The molecule has 2 rings (SSSR count). The highest BCUT2D eigenvalue weighted by molar-refractivity contribution is 6.08. The van der Waals surface area contributed by atoms with Crippen molar-refractivity contribution in [3.8, 4) is 0 Å². The summed E-state index contributed by atoms with van der Waals surface area (Å²) in [6.07, 6.45) is 1.46. The number of hydrogen-bond donors (Lipinski definition) is 6. The number of hydroxylamine groups is 1. The van der Waals surface area contributed by atoms with Crippen LogP contribution in [0.1, 0.15) is 23.1 Å². The van der Waals surface area contributed by atoms with E-state index in [4.69, 9.17) is 21.8 Å². The van der Waals surface area contributed by atoms with E-state index >= 15 is 0 Å². The number of benzene rings is 1. The molecule has 0 atom stereocenters. The minimum absolute atomic E-state index is 0. The number of nitrogens with zero attached hydrogens (tertiary/aromatic N) is 1. The van der Waals surface area contributed by atoms with Crippen molar-refractivity contribution in [3.05, 3.63) is 34.9 Å². The molecule has 0 aromatic heterocycles. The summed E-state index contributed by atoms with van der Waals surface area (Å²) >= 11 is 0. The van der Waals surface area contributed by atoms with Gasteiger partial charge in [-0.3, -0.25) is 21.5 Å². The van der Waals surface area contributed by atoms with Gasteiger partial charge in [-0.05, 0) is 18.4 Å². The molecular weight excluding hydrogens is 303 g/mol. The van der Waals surface area contributed by atoms with Crippen LogP contribution in [0.25, 0.3) is 0 Å². The van der Waals surface area contributed by atoms with Crippen molar-refractivity contribution in [3.63, 3.8) is 0 Å². The van der Waals surface area contributed by atoms with Crippen molar-refractivity contribution in [2.24, 2.45) is 10.8 Å². The largest absolute Gasteiger partial charge is 0.369 e. The van der Waals surface area contributed by atoms with Crippen LogP contribution in [0.4, 0.5) is 0 Å². The highest BCUT2D eigenvalue weighted by Crippen LogP contribution is 2.25. The predicted octanol–water partition coefficient (Wildman–Crippen LogP) is 0.968. The van der Waals surface area contributed by atoms with Crippen molar-refractivity contribution >= 4 is 42.3 Å². The average molecular weight is 319 g/mol. The summed E-state index contributed by atoms with van der Waals surface area (Å²) in [6, 6.07) is 5.47. The summed E-state index contributed by atoms with van der Waals surface area (Å²) in [4.78, 5) is 0. The van der Waals surface area contributed by atoms with Crippen molar-refractivity contribution < 1.29 is 5.21 Å². The van der Waals surface area contributed by atoms with Gasteiger partial charge < -0.3 is 5.73 Å². The average Bonchev–Trinajstić information content (AvgIpc) is 2.78. The number of nitrogens with two attached hydrogens (primary N) is 1. The Balaban J connectivity index is 0.00000180. The van der Waals surface area contributed by atoms with Crippen LogP contribution in [0.3, 0.4) is 0 Å². The van der Waals surface area contributed by atoms with Crippen molar-refractivity contribution in [2.75, 3.05) is 0 Å². The molecule has 0 spiro atoms. The lowest BCUT2D eigenvalue weighted by Crippen LogP contribution is -2.26. The van der Waals surface area contributed by atoms with E-state index in [1.54, 1.807) is 12.1 Å². The Morgan fingerprint density at radius 1 is 1.25 bits per heavy atom. The van der Waals surface area contributed by atoms with Gasteiger partial charge in [0.1, 0.15) is 5.84 Å². The zero-order chi connectivity index (χ0) is 13.1. The lowest BCUT2D eigenvalue weighted by Gasteiger charge is -2.08. The number of amidine groups is 1. The van der Waals surface area contributed by atoms with Crippen LogP contribution in [-0.2, 0) is 6.42 Å². The van der Waals surface area contributed by atoms with Crippen LogP contribution >= 0.6 is 24.8 Å². The summed E-state index contributed by atoms with van der Waals surface area (Å²) in [5, 5.41) is 27.5. The van der Waals surface area contributed by atoms with Gasteiger partial charge in [-0.25, -0.2) is 5.43 Å². The Bertz CT molecular complexity index is 546. The lowest BCUT2D eigenvalue weighted by molar-refractivity contribution is 0.234. The molecule has 9 heteroatoms. The van der Waals surface area contributed by atoms with E-state index in [1.807, 2.05) is 11.5 Å². The van der Waals surface area contributed by atoms with E-state index in [-0.39, 0.29) is 36.6 Å². The summed E-state index contributed by atoms with van der Waals surface area (Å²) in [5.74, 6) is -0.246. The van der Waals surface area contributed by atoms with E-state index in [2.05, 4.69) is 10.5 Å². The summed E-state index contributed by atoms with van der Waals surface area (Å²) in [6.45, 7) is 0. The fraction of sp³-hybridized carbons (Fsp3) is 0.182. The van der Waals surface area contributed by atoms with Crippen LogP contribution in [0.15, 0.2) is 23.3 Å². The van der Waals surface area contributed by atoms with Gasteiger partial charge in [0.2, 0.25) is 5.96 Å². The summed E-state index contributed by atoms with van der Waals surface area (Å²) in [7, 11) is 0. The fourth-order valence-corrected chi connectivity index (χ4v) is 2.04. The molecule has 0 amide bonds. The van der Waals surface area contributed by atoms with Gasteiger partial charge in [-0.1, -0.05) is 18.2 Å². The molecule has 0 aliphatic heterocycles. The van der Waals surface area contributed by atoms with E-state index in [0.29, 0.717) is 12.0 Å². The van der Waals surface area contributed by atoms with Gasteiger partial charge in [0, 0.05) is 11.1 Å². The quantitative estimate of drug-likeness (QED) is 0.275. The standard InChI is InChI=1S/C11H14N6O.2ClH/c12-10(17-18)8-3-1-2-7-6(8)4-5-9(7)15-16-11(13)14;;/h1-3,18H,4-5H2,(H2,12,17)(H4,13,14,16);2*1H. The first-order valence-electron chi connectivity index (χ1n) is 5.41. The first-order chi connectivity index (χ1) is 8.63. The first kappa shape index (κ1) is 18.2. The van der Waals surface area contributed by atoms with Crippen LogP contribution in [0, 0.1) is 10.8 Å². The number of hydrogen-bond acceptors (Lipinski definition) is 4. The maximum atomic E-state index is 8.80. The molecule has 0 fully saturated rings. The van der Waals surface area contributed by atoms with E-state index in [9.17, 15) is 0 Å². The minimum Gasteiger partial charge on any atom is -0.369 e. The van der Waals surface area contributed by atoms with Gasteiger partial charge >= 0.3 is 0 Å². The number of hydrazone groups is 1. The number of rotatable bonds is 2. The molecule has 0 radical (unpaired) electrons. The highest BCUT2D eigenvalue weighted by atomic mass is 35.5. The maximum absolute atomic E-state index is 8.80. The topological polar surface area (TPSA) is 130 Å². The molecule has 0 bridgehead atoms. The molecule has 0 saturated heterocycles. The van der Waals surface area contributed by atoms with E-state index in [0.717, 1.165) is 23.3 Å². The van der Waals surface area contributed by atoms with Crippen molar-refractivity contribution in [1.29, 1.82) is 10.8 Å². The molecule has 7 N–H and O–H groups in total. The number of guanidine groups is 1. The Hall–Kier alpha value is -1.83. The Morgan fingerprint density at radius 3 is 2.55 bits per heavy atom. The van der Waals surface area contributed by atoms with Crippen LogP contribution < -0.4 is 16.6 Å². The fourth-order valence-electron chi connectivity index (χ4n) is 2.04. The second-order valence-electron chi connectivity index (χ2n) is 3.90. The monoisotopic (exact) mass is 318 g/mol. The maximum Gasteiger partial charge on any atom is 0.206 e. The molecule has 0 unspecified atom stereocenters. The van der Waals surface area contributed by atoms with Crippen LogP contribution in [0.5, 0.6) is 0 Å². The number of nitrogens with one attached hydrogen (secondary N) is 4. The summed E-state index contributed by atoms with van der Waals surface area (Å²) < 4.78 is 0. The third-order valence-corrected chi connectivity index (χ3v) is 2.79. The normalized spacial score (nSPS) is 13.8. The van der Waals surface area contributed by atoms with Gasteiger partial charge in [-0.15, -0.1) is 24.8 Å². The van der Waals surface area contributed by atoms with Gasteiger partial charge in [0.05, 0.1) is 5.71 Å². The first-order valence-corrected chi connectivity index (χ1v) is 5.41. The minimum atomic E-state index is -0.211. The predicted molar refractivity (Wildman–Crippen MR) is 82.6 cm³/mol. The van der Waals surface area contributed by atoms with Crippen molar-refractivity contribution in [1.82, 2.24) is 10.9 Å². The molecule has 0 saturated carbocycles. The van der Waals surface area contributed by atoms with Gasteiger partial charge in [0.25, 0.3) is 0 Å². The molecule has 1 aromatic carbocycles. The second-order valence-corrected chi connectivity index (χ2v) is 3.90. The molecule has 0 heterocycles. The number of fused-ring (bicyclic) bond motifs is 1. The van der Waals surface area contributed by atoms with Crippen molar-refractivity contribution in [2.45, 2.75) is 12.8 Å². The molecule has 1 aliphatic rings. The van der Waals surface area contributed by atoms with Gasteiger partial charge in [-0.2, -0.15) is 5.10 Å². The van der Waals surface area contributed by atoms with Gasteiger partial charge in [0.15, 0.2) is 0 Å². The molecule has 1 aliphatic carbocycles. The third-order valence-electron chi connectivity index (χ3n) is 2.79. The Morgan fingerprint density at radius 2 is 1.95 bits per heavy atom. The molecular formula is C11H16Cl2N6O. The third kappa shape index (κ3) is 3.60. The number of halogens is 2. The second kappa shape index (κ2) is 7.68. The molecule has 7 nitrogen and oxygen atoms in total. The highest BCUT2D eigenvalue weighted by Gasteiger charge is 2.22. The lowest BCUT2D eigenvalue weighted by atomic mass is 10.0. The zero-order valence-corrected chi connectivity index (χ0v) is 12.1. The summed E-state index contributed by atoms with van der Waals surface area (Å²) in [5.41, 5.74) is 12.8. The Kier molecular flexibility index (Phi) is 6.98. The van der Waals surface area contributed by atoms with Crippen LogP contribution in [0.2, 0.25) is 0 Å². The SMILES string of the molecule is Cl.Cl.N=C(N)NN=C1CCc2c(C(=N)NO)cccc21. The molecule has 20 heavy (non-hydrogen) atoms. The van der Waals surface area contributed by atoms with E-state index < -0.39 is 0 Å². The smallest absolute Gasteiger partial charge is 0.206 e. The molecule has 1 aromatic rings. The Labute approximate surface area is 128 Å². The zero-order valence-electron chi connectivity index (χ0n) is 10.4. The molecule has 110 valence electrons. The van der Waals surface area contributed by atoms with E-state index in [1.165, 1.54) is 0 Å². The van der Waals surface area contributed by atoms with Crippen LogP contribution in [-0.4, -0.2) is 22.7 Å².